The number of nitrogens with one attached hydrogen (secondary N) is 3. The number of benzene rings is 2. The molecule has 1 aromatic heterocycles. The number of hydrogen-bond donors (Lipinski definition) is 3. The van der Waals surface area contributed by atoms with Gasteiger partial charge in [-0.25, -0.2) is 17.9 Å². The summed E-state index contributed by atoms with van der Waals surface area (Å²) in [6.45, 7) is 5.41. The van der Waals surface area contributed by atoms with Crippen molar-refractivity contribution in [3.63, 3.8) is 0 Å². The zero-order valence-corrected chi connectivity index (χ0v) is 16.9. The van der Waals surface area contributed by atoms with E-state index in [0.717, 1.165) is 39.1 Å². The Labute approximate surface area is 169 Å². The highest BCUT2D eigenvalue weighted by molar-refractivity contribution is 7.89. The first kappa shape index (κ1) is 19.7. The topological polar surface area (TPSA) is 99.8 Å². The van der Waals surface area contributed by atoms with E-state index >= 15 is 0 Å². The minimum Gasteiger partial charge on any atom is -0.408 e. The molecule has 0 unspecified atom stereocenters. The van der Waals surface area contributed by atoms with Gasteiger partial charge in [0.25, 0.3) is 0 Å². The van der Waals surface area contributed by atoms with E-state index in [1.54, 1.807) is 0 Å². The highest BCUT2D eigenvalue weighted by atomic mass is 32.2. The first-order valence-corrected chi connectivity index (χ1v) is 11.3. The maximum atomic E-state index is 12.5. The number of nitrogens with zero attached hydrogens (tertiary/aromatic N) is 1. The molecule has 154 valence electrons. The summed E-state index contributed by atoms with van der Waals surface area (Å²) in [5, 5.41) is 0. The lowest BCUT2D eigenvalue weighted by atomic mass is 10.2. The number of anilines is 1. The van der Waals surface area contributed by atoms with Gasteiger partial charge in [-0.1, -0.05) is 18.2 Å². The Morgan fingerprint density at radius 1 is 1.10 bits per heavy atom. The number of fused-ring (bicyclic) bond motifs is 1. The number of aromatic amines is 1. The summed E-state index contributed by atoms with van der Waals surface area (Å²) >= 11 is 0. The molecule has 0 saturated carbocycles. The fraction of sp³-hybridized carbons (Fsp3) is 0.350. The summed E-state index contributed by atoms with van der Waals surface area (Å²) in [4.78, 5) is 17.7. The first-order chi connectivity index (χ1) is 14.0. The molecule has 0 bridgehead atoms. The molecule has 2 heterocycles. The van der Waals surface area contributed by atoms with Crippen molar-refractivity contribution < 1.29 is 17.7 Å². The summed E-state index contributed by atoms with van der Waals surface area (Å²) in [5.41, 5.74) is 1.97. The number of quaternary nitrogens is 1. The third kappa shape index (κ3) is 4.69. The summed E-state index contributed by atoms with van der Waals surface area (Å²) < 4.78 is 32.5. The van der Waals surface area contributed by atoms with Crippen LogP contribution in [-0.2, 0) is 10.0 Å². The van der Waals surface area contributed by atoms with Crippen molar-refractivity contribution in [1.82, 2.24) is 9.71 Å². The molecule has 8 nitrogen and oxygen atoms in total. The van der Waals surface area contributed by atoms with Crippen LogP contribution in [0.5, 0.6) is 0 Å². The normalized spacial score (nSPS) is 15.8. The number of hydrogen-bond acceptors (Lipinski definition) is 5. The van der Waals surface area contributed by atoms with Crippen molar-refractivity contribution in [2.24, 2.45) is 0 Å². The molecule has 0 radical (unpaired) electrons. The van der Waals surface area contributed by atoms with Crippen LogP contribution in [0.2, 0.25) is 0 Å². The Morgan fingerprint density at radius 2 is 1.86 bits per heavy atom. The number of piperazine rings is 1. The lowest BCUT2D eigenvalue weighted by Gasteiger charge is -2.33. The van der Waals surface area contributed by atoms with Crippen LogP contribution in [0, 0.1) is 0 Å². The van der Waals surface area contributed by atoms with Gasteiger partial charge < -0.3 is 14.2 Å². The van der Waals surface area contributed by atoms with Gasteiger partial charge in [0.2, 0.25) is 10.0 Å². The Morgan fingerprint density at radius 3 is 2.62 bits per heavy atom. The maximum Gasteiger partial charge on any atom is 0.417 e. The number of para-hydroxylation sites is 1. The smallest absolute Gasteiger partial charge is 0.408 e. The van der Waals surface area contributed by atoms with Crippen LogP contribution in [0.1, 0.15) is 6.42 Å². The predicted octanol–water partition coefficient (Wildman–Crippen LogP) is 0.195. The summed E-state index contributed by atoms with van der Waals surface area (Å²) in [7, 11) is -3.63. The Balaban J connectivity index is 1.24. The minimum atomic E-state index is -3.63. The molecule has 1 aliphatic heterocycles. The maximum absolute atomic E-state index is 12.5. The molecular weight excluding hydrogens is 392 g/mol. The van der Waals surface area contributed by atoms with E-state index < -0.39 is 15.8 Å². The molecule has 29 heavy (non-hydrogen) atoms. The lowest BCUT2D eigenvalue weighted by Crippen LogP contribution is -3.15. The standard InChI is InChI=1S/C20H24N4O4S/c25-20-22-18-8-7-17(15-19(18)28-20)29(26,27)21-9-4-10-23-11-13-24(14-12-23)16-5-2-1-3-6-16/h1-3,5-8,15,21H,4,9-14H2,(H,22,25)/p+1. The van der Waals surface area contributed by atoms with Crippen molar-refractivity contribution in [2.75, 3.05) is 44.2 Å². The van der Waals surface area contributed by atoms with Gasteiger partial charge in [-0.3, -0.25) is 4.98 Å². The molecule has 0 amide bonds. The summed E-state index contributed by atoms with van der Waals surface area (Å²) in [6.07, 6.45) is 0.765. The molecule has 1 fully saturated rings. The predicted molar refractivity (Wildman–Crippen MR) is 111 cm³/mol. The molecule has 0 atom stereocenters. The molecule has 3 N–H and O–H groups in total. The van der Waals surface area contributed by atoms with Crippen molar-refractivity contribution in [1.29, 1.82) is 0 Å². The lowest BCUT2D eigenvalue weighted by molar-refractivity contribution is -0.900. The van der Waals surface area contributed by atoms with Gasteiger partial charge in [-0.05, 0) is 24.3 Å². The van der Waals surface area contributed by atoms with Crippen molar-refractivity contribution >= 4 is 26.8 Å². The van der Waals surface area contributed by atoms with Gasteiger partial charge in [-0.2, -0.15) is 0 Å². The highest BCUT2D eigenvalue weighted by Crippen LogP contribution is 2.16. The quantitative estimate of drug-likeness (QED) is 0.477. The summed E-state index contributed by atoms with van der Waals surface area (Å²) in [6, 6.07) is 14.8. The van der Waals surface area contributed by atoms with Crippen molar-refractivity contribution in [3.05, 3.63) is 59.1 Å². The van der Waals surface area contributed by atoms with E-state index in [1.807, 2.05) is 6.07 Å². The van der Waals surface area contributed by atoms with Gasteiger partial charge in [0.05, 0.1) is 43.1 Å². The average molecular weight is 418 g/mol. The molecule has 0 spiro atoms. The van der Waals surface area contributed by atoms with Crippen LogP contribution in [0.25, 0.3) is 11.1 Å². The van der Waals surface area contributed by atoms with Crippen LogP contribution >= 0.6 is 0 Å². The van der Waals surface area contributed by atoms with Gasteiger partial charge >= 0.3 is 5.76 Å². The van der Waals surface area contributed by atoms with E-state index in [9.17, 15) is 13.2 Å². The van der Waals surface area contributed by atoms with E-state index in [4.69, 9.17) is 4.42 Å². The summed E-state index contributed by atoms with van der Waals surface area (Å²) in [5.74, 6) is -0.599. The number of aromatic nitrogens is 1. The molecular formula is C20H25N4O4S+. The number of H-pyrrole nitrogens is 1. The fourth-order valence-corrected chi connectivity index (χ4v) is 4.78. The van der Waals surface area contributed by atoms with E-state index in [-0.39, 0.29) is 10.5 Å². The van der Waals surface area contributed by atoms with Crippen molar-refractivity contribution in [3.8, 4) is 0 Å². The van der Waals surface area contributed by atoms with Crippen LogP contribution < -0.4 is 20.3 Å². The molecule has 4 rings (SSSR count). The zero-order valence-electron chi connectivity index (χ0n) is 16.1. The number of sulfonamides is 1. The van der Waals surface area contributed by atoms with Gasteiger partial charge in [0, 0.05) is 24.7 Å². The molecule has 9 heteroatoms. The molecule has 1 saturated heterocycles. The van der Waals surface area contributed by atoms with Gasteiger partial charge in [-0.15, -0.1) is 0 Å². The number of oxazole rings is 1. The van der Waals surface area contributed by atoms with Crippen molar-refractivity contribution in [2.45, 2.75) is 11.3 Å². The molecule has 3 aromatic rings. The first-order valence-electron chi connectivity index (χ1n) is 9.77. The van der Waals surface area contributed by atoms with Gasteiger partial charge in [0.15, 0.2) is 5.58 Å². The van der Waals surface area contributed by atoms with E-state index in [2.05, 4.69) is 38.9 Å². The Kier molecular flexibility index (Phi) is 5.70. The minimum absolute atomic E-state index is 0.0940. The second kappa shape index (κ2) is 8.40. The molecule has 2 aromatic carbocycles. The van der Waals surface area contributed by atoms with E-state index in [0.29, 0.717) is 12.1 Å². The average Bonchev–Trinajstić information content (AvgIpc) is 3.11. The SMILES string of the molecule is O=c1[nH]c2ccc(S(=O)(=O)NCCC[NH+]3CCN(c4ccccc4)CC3)cc2o1. The third-order valence-corrected chi connectivity index (χ3v) is 6.75. The number of rotatable bonds is 7. The van der Waals surface area contributed by atoms with Crippen LogP contribution in [-0.4, -0.2) is 52.7 Å². The third-order valence-electron chi connectivity index (χ3n) is 5.29. The van der Waals surface area contributed by atoms with E-state index in [1.165, 1.54) is 28.8 Å². The Hall–Kier alpha value is -2.62. The largest absolute Gasteiger partial charge is 0.417 e. The van der Waals surface area contributed by atoms with Crippen LogP contribution in [0.4, 0.5) is 5.69 Å². The molecule has 1 aliphatic rings. The monoisotopic (exact) mass is 417 g/mol. The van der Waals surface area contributed by atoms with Crippen LogP contribution in [0.3, 0.4) is 0 Å². The second-order valence-electron chi connectivity index (χ2n) is 7.25. The zero-order chi connectivity index (χ0) is 20.3. The second-order valence-corrected chi connectivity index (χ2v) is 9.01. The van der Waals surface area contributed by atoms with Gasteiger partial charge in [0.1, 0.15) is 0 Å². The van der Waals surface area contributed by atoms with Crippen LogP contribution in [0.15, 0.2) is 62.6 Å². The molecule has 0 aliphatic carbocycles. The fourth-order valence-electron chi connectivity index (χ4n) is 3.69. The highest BCUT2D eigenvalue weighted by Gasteiger charge is 2.20. The Bertz CT molecular complexity index is 1120.